The van der Waals surface area contributed by atoms with E-state index in [9.17, 15) is 4.39 Å². The third-order valence-corrected chi connectivity index (χ3v) is 6.22. The first kappa shape index (κ1) is 13.9. The van der Waals surface area contributed by atoms with Crippen molar-refractivity contribution in [1.29, 1.82) is 0 Å². The van der Waals surface area contributed by atoms with E-state index >= 15 is 0 Å². The van der Waals surface area contributed by atoms with Gasteiger partial charge in [0.25, 0.3) is 0 Å². The van der Waals surface area contributed by atoms with E-state index < -0.39 is 0 Å². The topological polar surface area (TPSA) is 37.8 Å². The van der Waals surface area contributed by atoms with Crippen LogP contribution in [-0.2, 0) is 0 Å². The number of nitrogens with zero attached hydrogens (tertiary/aromatic N) is 2. The number of hydrogen-bond acceptors (Lipinski definition) is 5. The zero-order valence-corrected chi connectivity index (χ0v) is 12.5. The van der Waals surface area contributed by atoms with Gasteiger partial charge in [0.05, 0.1) is 10.9 Å². The summed E-state index contributed by atoms with van der Waals surface area (Å²) in [7, 11) is 1.69. The van der Waals surface area contributed by atoms with E-state index in [1.165, 1.54) is 5.75 Å². The highest BCUT2D eigenvalue weighted by atomic mass is 32.2. The molecule has 18 heavy (non-hydrogen) atoms. The van der Waals surface area contributed by atoms with Gasteiger partial charge in [-0.05, 0) is 13.3 Å². The lowest BCUT2D eigenvalue weighted by molar-refractivity contribution is 0.598. The van der Waals surface area contributed by atoms with Crippen LogP contribution in [0.15, 0.2) is 0 Å². The molecule has 3 nitrogen and oxygen atoms in total. The van der Waals surface area contributed by atoms with Gasteiger partial charge in [0, 0.05) is 23.8 Å². The summed E-state index contributed by atoms with van der Waals surface area (Å²) in [6.07, 6.45) is 1.09. The van der Waals surface area contributed by atoms with Crippen molar-refractivity contribution in [2.45, 2.75) is 30.8 Å². The quantitative estimate of drug-likeness (QED) is 0.923. The smallest absolute Gasteiger partial charge is 0.186 e. The van der Waals surface area contributed by atoms with Gasteiger partial charge in [0.15, 0.2) is 11.6 Å². The van der Waals surface area contributed by atoms with Crippen molar-refractivity contribution in [3.63, 3.8) is 0 Å². The minimum Gasteiger partial charge on any atom is -0.371 e. The van der Waals surface area contributed by atoms with Gasteiger partial charge in [-0.25, -0.2) is 14.4 Å². The van der Waals surface area contributed by atoms with Gasteiger partial charge in [-0.3, -0.25) is 0 Å². The first-order valence-corrected chi connectivity index (χ1v) is 8.22. The minimum absolute atomic E-state index is 0.278. The van der Waals surface area contributed by atoms with Crippen molar-refractivity contribution in [3.05, 3.63) is 17.3 Å². The highest BCUT2D eigenvalue weighted by Gasteiger charge is 2.29. The van der Waals surface area contributed by atoms with Gasteiger partial charge in [-0.1, -0.05) is 6.92 Å². The van der Waals surface area contributed by atoms with Gasteiger partial charge in [-0.2, -0.15) is 11.8 Å². The van der Waals surface area contributed by atoms with E-state index in [-0.39, 0.29) is 11.1 Å². The third kappa shape index (κ3) is 2.74. The molecule has 2 rings (SSSR count). The molecule has 2 heterocycles. The van der Waals surface area contributed by atoms with Crippen LogP contribution in [0.2, 0.25) is 0 Å². The summed E-state index contributed by atoms with van der Waals surface area (Å²) >= 11 is 3.86. The number of aromatic nitrogens is 2. The maximum Gasteiger partial charge on any atom is 0.186 e. The Balaban J connectivity index is 2.34. The maximum absolute atomic E-state index is 13.7. The van der Waals surface area contributed by atoms with Gasteiger partial charge in [-0.15, -0.1) is 11.8 Å². The van der Waals surface area contributed by atoms with Crippen molar-refractivity contribution in [2.24, 2.45) is 0 Å². The molecule has 1 saturated heterocycles. The largest absolute Gasteiger partial charge is 0.371 e. The summed E-state index contributed by atoms with van der Waals surface area (Å²) in [6, 6.07) is 0. The average Bonchev–Trinajstić information content (AvgIpc) is 2.41. The highest BCUT2D eigenvalue weighted by Crippen LogP contribution is 2.43. The molecular formula is C12H18FN3S2. The number of nitrogens with one attached hydrogen (secondary N) is 1. The molecule has 0 aliphatic carbocycles. The Morgan fingerprint density at radius 3 is 2.72 bits per heavy atom. The molecule has 1 aliphatic rings. The van der Waals surface area contributed by atoms with E-state index in [2.05, 4.69) is 22.2 Å². The molecule has 0 amide bonds. The molecule has 1 aromatic heterocycles. The van der Waals surface area contributed by atoms with E-state index in [1.807, 2.05) is 23.5 Å². The zero-order chi connectivity index (χ0) is 13.1. The number of thioether (sulfide) groups is 2. The minimum atomic E-state index is -0.345. The van der Waals surface area contributed by atoms with Crippen LogP contribution < -0.4 is 5.32 Å². The summed E-state index contributed by atoms with van der Waals surface area (Å²) in [5.41, 5.74) is 0.426. The first-order chi connectivity index (χ1) is 8.67. The van der Waals surface area contributed by atoms with Crippen molar-refractivity contribution in [1.82, 2.24) is 9.97 Å². The number of hydrogen-bond donors (Lipinski definition) is 1. The number of aryl methyl sites for hydroxylation is 1. The molecule has 0 saturated carbocycles. The Hall–Kier alpha value is -0.490. The second-order valence-electron chi connectivity index (χ2n) is 4.19. The van der Waals surface area contributed by atoms with Gasteiger partial charge >= 0.3 is 0 Å². The number of anilines is 1. The molecule has 0 bridgehead atoms. The zero-order valence-electron chi connectivity index (χ0n) is 10.9. The number of rotatable bonds is 3. The van der Waals surface area contributed by atoms with Crippen LogP contribution in [-0.4, -0.2) is 33.8 Å². The molecule has 2 atom stereocenters. The molecule has 0 aromatic carbocycles. The lowest BCUT2D eigenvalue weighted by Crippen LogP contribution is -2.21. The lowest BCUT2D eigenvalue weighted by atomic mass is 10.2. The van der Waals surface area contributed by atoms with Crippen LogP contribution >= 0.6 is 23.5 Å². The summed E-state index contributed by atoms with van der Waals surface area (Å²) < 4.78 is 13.7. The normalized spacial score (nSPS) is 24.0. The van der Waals surface area contributed by atoms with Crippen LogP contribution in [0.3, 0.4) is 0 Å². The number of halogens is 1. The van der Waals surface area contributed by atoms with E-state index in [4.69, 9.17) is 0 Å². The fourth-order valence-electron chi connectivity index (χ4n) is 2.02. The second kappa shape index (κ2) is 6.10. The molecule has 0 spiro atoms. The predicted molar refractivity (Wildman–Crippen MR) is 78.0 cm³/mol. The standard InChI is InChI=1S/C12H18FN3S2/c1-4-8-10(18-6-5-17-8)12-15-7(2)9(13)11(14-3)16-12/h8,10H,4-6H2,1-3H3,(H,14,15,16). The Labute approximate surface area is 116 Å². The molecule has 100 valence electrons. The molecule has 0 radical (unpaired) electrons. The van der Waals surface area contributed by atoms with Crippen LogP contribution in [0.4, 0.5) is 10.2 Å². The summed E-state index contributed by atoms with van der Waals surface area (Å²) in [5.74, 6) is 3.02. The molecule has 1 aromatic rings. The Kier molecular flexibility index (Phi) is 4.72. The maximum atomic E-state index is 13.7. The summed E-state index contributed by atoms with van der Waals surface area (Å²) in [4.78, 5) is 8.68. The Morgan fingerprint density at radius 1 is 1.33 bits per heavy atom. The fraction of sp³-hybridized carbons (Fsp3) is 0.667. The summed E-state index contributed by atoms with van der Waals surface area (Å²) in [6.45, 7) is 3.88. The van der Waals surface area contributed by atoms with Gasteiger partial charge in [0.2, 0.25) is 0 Å². The van der Waals surface area contributed by atoms with Gasteiger partial charge < -0.3 is 5.32 Å². The first-order valence-electron chi connectivity index (χ1n) is 6.12. The third-order valence-electron chi connectivity index (χ3n) is 2.98. The van der Waals surface area contributed by atoms with E-state index in [0.717, 1.165) is 18.0 Å². The Morgan fingerprint density at radius 2 is 2.06 bits per heavy atom. The SMILES string of the molecule is CCC1SCCSC1c1nc(C)c(F)c(NC)n1. The average molecular weight is 287 g/mol. The predicted octanol–water partition coefficient (Wildman–Crippen LogP) is 3.27. The van der Waals surface area contributed by atoms with Crippen molar-refractivity contribution in [2.75, 3.05) is 23.9 Å². The monoisotopic (exact) mass is 287 g/mol. The van der Waals surface area contributed by atoms with Crippen molar-refractivity contribution in [3.8, 4) is 0 Å². The fourth-order valence-corrected chi connectivity index (χ4v) is 5.01. The highest BCUT2D eigenvalue weighted by molar-refractivity contribution is 8.06. The van der Waals surface area contributed by atoms with E-state index in [0.29, 0.717) is 16.8 Å². The molecular weight excluding hydrogens is 269 g/mol. The second-order valence-corrected chi connectivity index (χ2v) is 6.79. The Bertz CT molecular complexity index is 428. The lowest BCUT2D eigenvalue weighted by Gasteiger charge is -2.29. The van der Waals surface area contributed by atoms with Crippen LogP contribution in [0.25, 0.3) is 0 Å². The van der Waals surface area contributed by atoms with Gasteiger partial charge in [0.1, 0.15) is 5.82 Å². The van der Waals surface area contributed by atoms with Crippen LogP contribution in [0, 0.1) is 12.7 Å². The molecule has 1 aliphatic heterocycles. The molecule has 6 heteroatoms. The molecule has 1 N–H and O–H groups in total. The van der Waals surface area contributed by atoms with Crippen LogP contribution in [0.1, 0.15) is 30.1 Å². The summed E-state index contributed by atoms with van der Waals surface area (Å²) in [5, 5.41) is 3.61. The van der Waals surface area contributed by atoms with E-state index in [1.54, 1.807) is 14.0 Å². The van der Waals surface area contributed by atoms with Crippen molar-refractivity contribution < 1.29 is 4.39 Å². The molecule has 1 fully saturated rings. The molecule has 2 unspecified atom stereocenters. The van der Waals surface area contributed by atoms with Crippen molar-refractivity contribution >= 4 is 29.3 Å². The van der Waals surface area contributed by atoms with Crippen LogP contribution in [0.5, 0.6) is 0 Å².